The van der Waals surface area contributed by atoms with E-state index < -0.39 is 0 Å². The van der Waals surface area contributed by atoms with Gasteiger partial charge in [0.15, 0.2) is 0 Å². The molecule has 2 heteroatoms. The summed E-state index contributed by atoms with van der Waals surface area (Å²) in [6.07, 6.45) is 5.41. The SMILES string of the molecule is CC1(C)[C@H](CN)[C@H]1c1cc2c(s1)CCCC2. The topological polar surface area (TPSA) is 26.0 Å². The Bertz CT molecular complexity index is 381. The van der Waals surface area contributed by atoms with Gasteiger partial charge in [0, 0.05) is 15.7 Å². The number of rotatable bonds is 2. The fourth-order valence-corrected chi connectivity index (χ4v) is 5.03. The van der Waals surface area contributed by atoms with Crippen LogP contribution in [0.25, 0.3) is 0 Å². The summed E-state index contributed by atoms with van der Waals surface area (Å²) < 4.78 is 0. The molecule has 16 heavy (non-hydrogen) atoms. The molecule has 0 aliphatic heterocycles. The van der Waals surface area contributed by atoms with E-state index in [-0.39, 0.29) is 0 Å². The highest BCUT2D eigenvalue weighted by Gasteiger charge is 2.57. The van der Waals surface area contributed by atoms with E-state index in [1.165, 1.54) is 25.7 Å². The second-order valence-corrected chi connectivity index (χ2v) is 7.11. The molecule has 1 aromatic rings. The van der Waals surface area contributed by atoms with Crippen molar-refractivity contribution in [1.82, 2.24) is 0 Å². The van der Waals surface area contributed by atoms with Crippen LogP contribution in [0.1, 0.15) is 47.9 Å². The van der Waals surface area contributed by atoms with Gasteiger partial charge < -0.3 is 5.73 Å². The Kier molecular flexibility index (Phi) is 2.41. The van der Waals surface area contributed by atoms with Crippen LogP contribution in [-0.2, 0) is 12.8 Å². The minimum absolute atomic E-state index is 0.447. The summed E-state index contributed by atoms with van der Waals surface area (Å²) >= 11 is 2.07. The fraction of sp³-hybridized carbons (Fsp3) is 0.714. The first-order valence-electron chi connectivity index (χ1n) is 6.46. The highest BCUT2D eigenvalue weighted by Crippen LogP contribution is 2.65. The third-order valence-electron chi connectivity index (χ3n) is 4.63. The zero-order valence-electron chi connectivity index (χ0n) is 10.3. The molecule has 3 rings (SSSR count). The van der Waals surface area contributed by atoms with Gasteiger partial charge in [0.1, 0.15) is 0 Å². The van der Waals surface area contributed by atoms with Crippen LogP contribution >= 0.6 is 11.3 Å². The summed E-state index contributed by atoms with van der Waals surface area (Å²) in [6.45, 7) is 5.59. The van der Waals surface area contributed by atoms with E-state index in [9.17, 15) is 0 Å². The van der Waals surface area contributed by atoms with Gasteiger partial charge in [-0.2, -0.15) is 0 Å². The van der Waals surface area contributed by atoms with Gasteiger partial charge in [-0.1, -0.05) is 13.8 Å². The molecule has 88 valence electrons. The standard InChI is InChI=1S/C14H21NS/c1-14(2)10(8-15)13(14)12-7-9-5-3-4-6-11(9)16-12/h7,10,13H,3-6,8,15H2,1-2H3/t10-,13+/m1/s1. The van der Waals surface area contributed by atoms with Gasteiger partial charge in [-0.05, 0) is 55.2 Å². The Morgan fingerprint density at radius 3 is 2.75 bits per heavy atom. The van der Waals surface area contributed by atoms with Crippen LogP contribution < -0.4 is 5.73 Å². The molecule has 0 amide bonds. The maximum atomic E-state index is 5.86. The Morgan fingerprint density at radius 2 is 2.12 bits per heavy atom. The summed E-state index contributed by atoms with van der Waals surface area (Å²) in [7, 11) is 0. The lowest BCUT2D eigenvalue weighted by molar-refractivity contribution is 0.559. The molecule has 0 unspecified atom stereocenters. The molecule has 0 bridgehead atoms. The quantitative estimate of drug-likeness (QED) is 0.836. The monoisotopic (exact) mass is 235 g/mol. The summed E-state index contributed by atoms with van der Waals surface area (Å²) in [4.78, 5) is 3.28. The van der Waals surface area contributed by atoms with Gasteiger partial charge in [-0.25, -0.2) is 0 Å². The van der Waals surface area contributed by atoms with Gasteiger partial charge in [-0.3, -0.25) is 0 Å². The van der Waals surface area contributed by atoms with E-state index in [1.54, 1.807) is 15.3 Å². The van der Waals surface area contributed by atoms with E-state index >= 15 is 0 Å². The Hall–Kier alpha value is -0.340. The number of fused-ring (bicyclic) bond motifs is 1. The normalized spacial score (nSPS) is 31.2. The molecular formula is C14H21NS. The van der Waals surface area contributed by atoms with Crippen LogP contribution in [0.3, 0.4) is 0 Å². The number of hydrogen-bond donors (Lipinski definition) is 1. The lowest BCUT2D eigenvalue weighted by Gasteiger charge is -2.08. The zero-order valence-corrected chi connectivity index (χ0v) is 11.1. The molecule has 2 atom stereocenters. The molecule has 2 aliphatic carbocycles. The molecule has 1 fully saturated rings. The molecule has 2 N–H and O–H groups in total. The van der Waals surface area contributed by atoms with Crippen molar-refractivity contribution in [3.8, 4) is 0 Å². The molecule has 1 saturated carbocycles. The molecule has 1 nitrogen and oxygen atoms in total. The predicted octanol–water partition coefficient (Wildman–Crippen LogP) is 3.33. The van der Waals surface area contributed by atoms with E-state index in [1.807, 2.05) is 0 Å². The summed E-state index contributed by atoms with van der Waals surface area (Å²) in [5.74, 6) is 1.46. The highest BCUT2D eigenvalue weighted by molar-refractivity contribution is 7.12. The second kappa shape index (κ2) is 3.58. The second-order valence-electron chi connectivity index (χ2n) is 5.95. The van der Waals surface area contributed by atoms with E-state index in [0.29, 0.717) is 11.3 Å². The van der Waals surface area contributed by atoms with E-state index in [4.69, 9.17) is 5.73 Å². The van der Waals surface area contributed by atoms with Crippen molar-refractivity contribution < 1.29 is 0 Å². The van der Waals surface area contributed by atoms with Crippen molar-refractivity contribution in [3.63, 3.8) is 0 Å². The largest absolute Gasteiger partial charge is 0.330 e. The van der Waals surface area contributed by atoms with Crippen molar-refractivity contribution in [2.75, 3.05) is 6.54 Å². The first-order valence-corrected chi connectivity index (χ1v) is 7.28. The summed E-state index contributed by atoms with van der Waals surface area (Å²) in [6, 6.07) is 2.49. The summed E-state index contributed by atoms with van der Waals surface area (Å²) in [5.41, 5.74) is 7.95. The third-order valence-corrected chi connectivity index (χ3v) is 5.95. The van der Waals surface area contributed by atoms with Crippen LogP contribution in [-0.4, -0.2) is 6.54 Å². The van der Waals surface area contributed by atoms with Crippen LogP contribution in [0.5, 0.6) is 0 Å². The molecule has 0 saturated heterocycles. The van der Waals surface area contributed by atoms with E-state index in [2.05, 4.69) is 31.3 Å². The third kappa shape index (κ3) is 1.46. The Balaban J connectivity index is 1.88. The molecule has 0 spiro atoms. The smallest absolute Gasteiger partial charge is 0.00908 e. The van der Waals surface area contributed by atoms with Crippen molar-refractivity contribution in [2.24, 2.45) is 17.1 Å². The van der Waals surface area contributed by atoms with Gasteiger partial charge in [0.25, 0.3) is 0 Å². The molecular weight excluding hydrogens is 214 g/mol. The number of thiophene rings is 1. The number of hydrogen-bond acceptors (Lipinski definition) is 2. The predicted molar refractivity (Wildman–Crippen MR) is 70.0 cm³/mol. The maximum Gasteiger partial charge on any atom is 0.00908 e. The number of nitrogens with two attached hydrogens (primary N) is 1. The maximum absolute atomic E-state index is 5.86. The van der Waals surface area contributed by atoms with Crippen molar-refractivity contribution in [1.29, 1.82) is 0 Å². The lowest BCUT2D eigenvalue weighted by atomic mass is 9.98. The molecule has 0 aromatic carbocycles. The molecule has 1 heterocycles. The highest BCUT2D eigenvalue weighted by atomic mass is 32.1. The number of aryl methyl sites for hydroxylation is 2. The Morgan fingerprint density at radius 1 is 1.38 bits per heavy atom. The lowest BCUT2D eigenvalue weighted by Crippen LogP contribution is -2.05. The van der Waals surface area contributed by atoms with Crippen LogP contribution in [0, 0.1) is 11.3 Å². The van der Waals surface area contributed by atoms with Gasteiger partial charge >= 0.3 is 0 Å². The van der Waals surface area contributed by atoms with Gasteiger partial charge in [0.05, 0.1) is 0 Å². The molecule has 1 aromatic heterocycles. The minimum Gasteiger partial charge on any atom is -0.330 e. The average Bonchev–Trinajstić information content (AvgIpc) is 2.65. The minimum atomic E-state index is 0.447. The average molecular weight is 235 g/mol. The molecule has 0 radical (unpaired) electrons. The fourth-order valence-electron chi connectivity index (χ4n) is 3.42. The van der Waals surface area contributed by atoms with Crippen molar-refractivity contribution in [3.05, 3.63) is 21.4 Å². The first-order chi connectivity index (χ1) is 7.64. The Labute approximate surface area is 102 Å². The van der Waals surface area contributed by atoms with Gasteiger partial charge in [-0.15, -0.1) is 11.3 Å². The van der Waals surface area contributed by atoms with Crippen LogP contribution in [0.4, 0.5) is 0 Å². The van der Waals surface area contributed by atoms with Gasteiger partial charge in [0.2, 0.25) is 0 Å². The zero-order chi connectivity index (χ0) is 11.3. The first kappa shape index (κ1) is 10.8. The van der Waals surface area contributed by atoms with Crippen molar-refractivity contribution >= 4 is 11.3 Å². The summed E-state index contributed by atoms with van der Waals surface area (Å²) in [5, 5.41) is 0. The van der Waals surface area contributed by atoms with E-state index in [0.717, 1.165) is 12.5 Å². The van der Waals surface area contributed by atoms with Crippen LogP contribution in [0.2, 0.25) is 0 Å². The van der Waals surface area contributed by atoms with Crippen LogP contribution in [0.15, 0.2) is 6.07 Å². The van der Waals surface area contributed by atoms with Crippen molar-refractivity contribution in [2.45, 2.75) is 45.4 Å². The molecule has 2 aliphatic rings.